The fourth-order valence-electron chi connectivity index (χ4n) is 3.03. The third kappa shape index (κ3) is 6.67. The first-order chi connectivity index (χ1) is 16.9. The van der Waals surface area contributed by atoms with Crippen molar-refractivity contribution in [2.75, 3.05) is 26.9 Å². The standard InChI is InChI=1S/C25H24BrNO7S/c1-4-32-21(28)14-34-19-13-17(26)15(11-18(19)31-3)12-20-23(29)22(25(30)33-5-2)24(35-20)27-16-9-7-6-8-10-16/h6-13,29H,4-5,14H2,1-3H3/b20-12-,27-24?. The number of nitrogens with zero attached hydrogens (tertiary/aromatic N) is 1. The van der Waals surface area contributed by atoms with E-state index in [-0.39, 0.29) is 31.2 Å². The summed E-state index contributed by atoms with van der Waals surface area (Å²) < 4.78 is 21.6. The number of aliphatic hydroxyl groups excluding tert-OH is 1. The topological polar surface area (TPSA) is 104 Å². The molecule has 0 aromatic heterocycles. The fourth-order valence-corrected chi connectivity index (χ4v) is 4.49. The summed E-state index contributed by atoms with van der Waals surface area (Å²) in [6, 6.07) is 12.5. The molecule has 1 aliphatic rings. The Morgan fingerprint density at radius 3 is 2.46 bits per heavy atom. The zero-order chi connectivity index (χ0) is 25.4. The molecule has 0 saturated heterocycles. The number of carbonyl (C=O) groups is 2. The van der Waals surface area contributed by atoms with Crippen LogP contribution in [0.5, 0.6) is 11.5 Å². The first-order valence-corrected chi connectivity index (χ1v) is 12.3. The molecule has 1 aliphatic heterocycles. The van der Waals surface area contributed by atoms with E-state index in [1.165, 1.54) is 7.11 Å². The number of esters is 2. The molecule has 0 fully saturated rings. The molecule has 0 atom stereocenters. The number of aliphatic hydroxyl groups is 1. The van der Waals surface area contributed by atoms with Crippen LogP contribution in [-0.2, 0) is 19.1 Å². The fraction of sp³-hybridized carbons (Fsp3) is 0.240. The molecule has 0 amide bonds. The second-order valence-electron chi connectivity index (χ2n) is 6.93. The first kappa shape index (κ1) is 26.4. The highest BCUT2D eigenvalue weighted by Crippen LogP contribution is 2.42. The van der Waals surface area contributed by atoms with E-state index in [9.17, 15) is 14.7 Å². The molecule has 35 heavy (non-hydrogen) atoms. The molecule has 3 rings (SSSR count). The molecular formula is C25H24BrNO7S. The lowest BCUT2D eigenvalue weighted by atomic mass is 10.1. The first-order valence-electron chi connectivity index (χ1n) is 10.7. The van der Waals surface area contributed by atoms with Crippen LogP contribution in [0.15, 0.2) is 68.2 Å². The van der Waals surface area contributed by atoms with Crippen LogP contribution in [0.1, 0.15) is 19.4 Å². The molecule has 1 heterocycles. The van der Waals surface area contributed by atoms with Crippen LogP contribution in [0, 0.1) is 0 Å². The van der Waals surface area contributed by atoms with Crippen LogP contribution >= 0.6 is 27.7 Å². The molecule has 1 N–H and O–H groups in total. The Morgan fingerprint density at radius 1 is 1.09 bits per heavy atom. The maximum absolute atomic E-state index is 12.6. The van der Waals surface area contributed by atoms with Crippen LogP contribution in [0.4, 0.5) is 5.69 Å². The van der Waals surface area contributed by atoms with Crippen molar-refractivity contribution in [3.05, 3.63) is 68.7 Å². The van der Waals surface area contributed by atoms with Crippen molar-refractivity contribution in [2.24, 2.45) is 4.99 Å². The monoisotopic (exact) mass is 561 g/mol. The van der Waals surface area contributed by atoms with Gasteiger partial charge in [0.2, 0.25) is 0 Å². The maximum atomic E-state index is 12.6. The Hall–Kier alpha value is -3.24. The van der Waals surface area contributed by atoms with Crippen molar-refractivity contribution in [1.29, 1.82) is 0 Å². The predicted octanol–water partition coefficient (Wildman–Crippen LogP) is 5.59. The molecule has 2 aromatic rings. The molecule has 0 aliphatic carbocycles. The van der Waals surface area contributed by atoms with E-state index in [0.29, 0.717) is 37.2 Å². The quantitative estimate of drug-likeness (QED) is 0.395. The number of halogens is 1. The lowest BCUT2D eigenvalue weighted by molar-refractivity contribution is -0.145. The second kappa shape index (κ2) is 12.5. The molecule has 0 unspecified atom stereocenters. The SMILES string of the molecule is CCOC(=O)COc1cc(Br)c(/C=C2\SC(=Nc3ccccc3)C(C(=O)OCC)=C2O)cc1OC. The smallest absolute Gasteiger partial charge is 0.344 e. The lowest BCUT2D eigenvalue weighted by Gasteiger charge is -2.12. The van der Waals surface area contributed by atoms with E-state index < -0.39 is 11.9 Å². The van der Waals surface area contributed by atoms with Crippen molar-refractivity contribution in [2.45, 2.75) is 13.8 Å². The number of hydrogen-bond donors (Lipinski definition) is 1. The maximum Gasteiger partial charge on any atom is 0.344 e. The number of para-hydroxylation sites is 1. The van der Waals surface area contributed by atoms with Gasteiger partial charge < -0.3 is 24.1 Å². The van der Waals surface area contributed by atoms with Crippen LogP contribution in [-0.4, -0.2) is 49.0 Å². The van der Waals surface area contributed by atoms with Crippen molar-refractivity contribution >= 4 is 56.4 Å². The van der Waals surface area contributed by atoms with Gasteiger partial charge in [0.15, 0.2) is 18.1 Å². The van der Waals surface area contributed by atoms with Gasteiger partial charge in [-0.25, -0.2) is 14.6 Å². The molecule has 2 aromatic carbocycles. The van der Waals surface area contributed by atoms with Gasteiger partial charge in [-0.2, -0.15) is 0 Å². The highest BCUT2D eigenvalue weighted by atomic mass is 79.9. The highest BCUT2D eigenvalue weighted by Gasteiger charge is 2.33. The molecule has 0 radical (unpaired) electrons. The van der Waals surface area contributed by atoms with Gasteiger partial charge in [-0.05, 0) is 49.8 Å². The largest absolute Gasteiger partial charge is 0.506 e. The van der Waals surface area contributed by atoms with E-state index >= 15 is 0 Å². The van der Waals surface area contributed by atoms with Gasteiger partial charge in [-0.3, -0.25) is 0 Å². The zero-order valence-corrected chi connectivity index (χ0v) is 21.8. The average Bonchev–Trinajstić information content (AvgIpc) is 3.14. The summed E-state index contributed by atoms with van der Waals surface area (Å²) in [5.74, 6) is -0.663. The number of thioether (sulfide) groups is 1. The van der Waals surface area contributed by atoms with Crippen LogP contribution in [0.2, 0.25) is 0 Å². The lowest BCUT2D eigenvalue weighted by Crippen LogP contribution is -2.15. The number of carbonyl (C=O) groups excluding carboxylic acids is 2. The Bertz CT molecular complexity index is 1190. The summed E-state index contributed by atoms with van der Waals surface area (Å²) in [5, 5.41) is 11.2. The van der Waals surface area contributed by atoms with Crippen molar-refractivity contribution in [3.8, 4) is 11.5 Å². The Balaban J connectivity index is 1.97. The van der Waals surface area contributed by atoms with Crippen molar-refractivity contribution in [1.82, 2.24) is 0 Å². The second-order valence-corrected chi connectivity index (χ2v) is 8.81. The molecule has 0 spiro atoms. The summed E-state index contributed by atoms with van der Waals surface area (Å²) in [6.07, 6.45) is 1.69. The highest BCUT2D eigenvalue weighted by molar-refractivity contribution is 9.10. The molecular weight excluding hydrogens is 538 g/mol. The summed E-state index contributed by atoms with van der Waals surface area (Å²) in [4.78, 5) is 29.2. The minimum Gasteiger partial charge on any atom is -0.506 e. The van der Waals surface area contributed by atoms with E-state index in [1.807, 2.05) is 18.2 Å². The number of ether oxygens (including phenoxy) is 4. The van der Waals surface area contributed by atoms with Crippen molar-refractivity contribution < 1.29 is 33.6 Å². The molecule has 8 nitrogen and oxygen atoms in total. The average molecular weight is 562 g/mol. The minimum absolute atomic E-state index is 0.00410. The Kier molecular flexibility index (Phi) is 9.39. The molecule has 0 bridgehead atoms. The van der Waals surface area contributed by atoms with E-state index in [1.54, 1.807) is 44.2 Å². The Morgan fingerprint density at radius 2 is 1.80 bits per heavy atom. The third-order valence-corrected chi connectivity index (χ3v) is 6.28. The predicted molar refractivity (Wildman–Crippen MR) is 138 cm³/mol. The van der Waals surface area contributed by atoms with Crippen LogP contribution < -0.4 is 9.47 Å². The number of aliphatic imine (C=N–C) groups is 1. The third-order valence-electron chi connectivity index (χ3n) is 4.58. The summed E-state index contributed by atoms with van der Waals surface area (Å²) in [7, 11) is 1.47. The molecule has 10 heteroatoms. The number of methoxy groups -OCH3 is 1. The van der Waals surface area contributed by atoms with Gasteiger partial charge in [0.25, 0.3) is 0 Å². The van der Waals surface area contributed by atoms with Crippen LogP contribution in [0.25, 0.3) is 6.08 Å². The normalized spacial score (nSPS) is 15.4. The minimum atomic E-state index is -0.657. The number of rotatable bonds is 9. The summed E-state index contributed by atoms with van der Waals surface area (Å²) in [6.45, 7) is 3.56. The summed E-state index contributed by atoms with van der Waals surface area (Å²) >= 11 is 4.64. The Labute approximate surface area is 215 Å². The van der Waals surface area contributed by atoms with E-state index in [0.717, 1.165) is 11.8 Å². The van der Waals surface area contributed by atoms with E-state index in [2.05, 4.69) is 20.9 Å². The zero-order valence-electron chi connectivity index (χ0n) is 19.4. The number of hydrogen-bond acceptors (Lipinski definition) is 9. The van der Waals surface area contributed by atoms with Gasteiger partial charge in [-0.15, -0.1) is 0 Å². The molecule has 184 valence electrons. The van der Waals surface area contributed by atoms with Gasteiger partial charge in [0.05, 0.1) is 30.9 Å². The number of benzene rings is 2. The summed E-state index contributed by atoms with van der Waals surface area (Å²) in [5.41, 5.74) is 1.28. The molecule has 0 saturated carbocycles. The van der Waals surface area contributed by atoms with Crippen molar-refractivity contribution in [3.63, 3.8) is 0 Å². The van der Waals surface area contributed by atoms with Gasteiger partial charge in [0, 0.05) is 4.47 Å². The van der Waals surface area contributed by atoms with Crippen LogP contribution in [0.3, 0.4) is 0 Å². The van der Waals surface area contributed by atoms with Gasteiger partial charge in [-0.1, -0.05) is 45.9 Å². The van der Waals surface area contributed by atoms with Gasteiger partial charge in [0.1, 0.15) is 16.4 Å². The van der Waals surface area contributed by atoms with E-state index in [4.69, 9.17) is 18.9 Å². The van der Waals surface area contributed by atoms with Gasteiger partial charge >= 0.3 is 11.9 Å².